The molecule has 4 aromatic rings. The molecule has 0 bridgehead atoms. The van der Waals surface area contributed by atoms with Crippen molar-refractivity contribution in [2.75, 3.05) is 0 Å². The van der Waals surface area contributed by atoms with Crippen LogP contribution in [0.5, 0.6) is 0 Å². The van der Waals surface area contributed by atoms with Crippen LogP contribution in [0.15, 0.2) is 78.2 Å². The Bertz CT molecular complexity index is 1130. The number of hydrogen-bond acceptors (Lipinski definition) is 1. The lowest BCUT2D eigenvalue weighted by Gasteiger charge is -2.09. The normalized spacial score (nSPS) is 11.1. The Labute approximate surface area is 173 Å². The summed E-state index contributed by atoms with van der Waals surface area (Å²) in [5, 5.41) is 2.56. The van der Waals surface area contributed by atoms with Crippen molar-refractivity contribution < 1.29 is 0 Å². The first-order valence-corrected chi connectivity index (χ1v) is 10.1. The predicted octanol–water partition coefficient (Wildman–Crippen LogP) is 8.12. The predicted molar refractivity (Wildman–Crippen MR) is 120 cm³/mol. The second-order valence-corrected chi connectivity index (χ2v) is 8.23. The van der Waals surface area contributed by atoms with Crippen LogP contribution >= 0.6 is 35.1 Å². The molecule has 0 amide bonds. The maximum Gasteiger partial charge on any atom is 0.0609 e. The first-order chi connectivity index (χ1) is 13.1. The molecule has 4 heteroatoms. The molecule has 0 fully saturated rings. The van der Waals surface area contributed by atoms with Gasteiger partial charge < -0.3 is 0 Å². The second-order valence-electron chi connectivity index (χ2n) is 6.34. The number of halogens is 2. The first kappa shape index (κ1) is 18.2. The number of nitrogens with zero attached hydrogens (tertiary/aromatic N) is 1. The molecular weight excluding hydrogens is 393 g/mol. The van der Waals surface area contributed by atoms with Crippen LogP contribution in [0.1, 0.15) is 11.3 Å². The minimum absolute atomic E-state index is 0.719. The number of hydrogen-bond donors (Lipinski definition) is 0. The second kappa shape index (κ2) is 7.47. The lowest BCUT2D eigenvalue weighted by atomic mass is 10.0. The van der Waals surface area contributed by atoms with Gasteiger partial charge in [-0.2, -0.15) is 0 Å². The van der Waals surface area contributed by atoms with Crippen molar-refractivity contribution in [1.82, 2.24) is 3.97 Å². The van der Waals surface area contributed by atoms with E-state index in [1.54, 1.807) is 11.9 Å². The molecule has 3 aromatic carbocycles. The Morgan fingerprint density at radius 1 is 0.926 bits per heavy atom. The van der Waals surface area contributed by atoms with Gasteiger partial charge in [-0.1, -0.05) is 60.1 Å². The van der Waals surface area contributed by atoms with E-state index in [9.17, 15) is 0 Å². The molecule has 0 aliphatic heterocycles. The van der Waals surface area contributed by atoms with Crippen molar-refractivity contribution in [2.24, 2.45) is 0 Å². The van der Waals surface area contributed by atoms with E-state index in [1.165, 1.54) is 0 Å². The van der Waals surface area contributed by atoms with Crippen LogP contribution in [0.25, 0.3) is 28.1 Å². The molecular formula is C23H17Cl2NS. The highest BCUT2D eigenvalue weighted by Gasteiger charge is 2.18. The van der Waals surface area contributed by atoms with Crippen molar-refractivity contribution in [2.45, 2.75) is 11.8 Å². The van der Waals surface area contributed by atoms with Crippen LogP contribution < -0.4 is 0 Å². The Morgan fingerprint density at radius 3 is 2.41 bits per heavy atom. The van der Waals surface area contributed by atoms with Gasteiger partial charge in [0.2, 0.25) is 0 Å². The molecule has 0 saturated heterocycles. The maximum absolute atomic E-state index is 6.33. The van der Waals surface area contributed by atoms with Crippen LogP contribution in [-0.4, -0.2) is 3.97 Å². The quantitative estimate of drug-likeness (QED) is 0.329. The summed E-state index contributed by atoms with van der Waals surface area (Å²) < 4.78 is 2.20. The highest BCUT2D eigenvalue weighted by molar-refractivity contribution is 7.98. The summed E-state index contributed by atoms with van der Waals surface area (Å²) in [6, 6.07) is 22.4. The molecule has 1 heterocycles. The van der Waals surface area contributed by atoms with E-state index in [2.05, 4.69) is 34.8 Å². The minimum Gasteiger partial charge on any atom is -0.279 e. The largest absolute Gasteiger partial charge is 0.279 e. The van der Waals surface area contributed by atoms with Crippen LogP contribution in [-0.2, 0) is 0 Å². The van der Waals surface area contributed by atoms with Crippen LogP contribution in [0.2, 0.25) is 10.0 Å². The summed E-state index contributed by atoms with van der Waals surface area (Å²) in [6.07, 6.45) is 1.90. The van der Waals surface area contributed by atoms with E-state index < -0.39 is 0 Å². The zero-order valence-electron chi connectivity index (χ0n) is 14.7. The van der Waals surface area contributed by atoms with Crippen LogP contribution in [0.3, 0.4) is 0 Å². The Balaban J connectivity index is 1.99. The van der Waals surface area contributed by atoms with Crippen molar-refractivity contribution >= 4 is 52.1 Å². The Hall–Kier alpha value is -2.13. The molecule has 0 saturated carbocycles. The lowest BCUT2D eigenvalue weighted by molar-refractivity contribution is 1.28. The topological polar surface area (TPSA) is 4.93 Å². The van der Waals surface area contributed by atoms with Gasteiger partial charge >= 0.3 is 0 Å². The lowest BCUT2D eigenvalue weighted by Crippen LogP contribution is -1.91. The van der Waals surface area contributed by atoms with E-state index >= 15 is 0 Å². The summed E-state index contributed by atoms with van der Waals surface area (Å²) >= 11 is 14.2. The number of benzene rings is 3. The third-order valence-electron chi connectivity index (χ3n) is 4.39. The summed E-state index contributed by atoms with van der Waals surface area (Å²) in [4.78, 5) is 1.08. The average Bonchev–Trinajstić information content (AvgIpc) is 2.94. The van der Waals surface area contributed by atoms with E-state index in [-0.39, 0.29) is 0 Å². The fraction of sp³-hybridized carbons (Fsp3) is 0.0435. The molecule has 27 heavy (non-hydrogen) atoms. The fourth-order valence-electron chi connectivity index (χ4n) is 3.31. The van der Waals surface area contributed by atoms with Crippen molar-refractivity contribution in [3.05, 3.63) is 94.6 Å². The molecule has 0 spiro atoms. The van der Waals surface area contributed by atoms with Crippen LogP contribution in [0, 0.1) is 6.92 Å². The summed E-state index contributed by atoms with van der Waals surface area (Å²) in [7, 11) is 0. The van der Waals surface area contributed by atoms with E-state index in [1.807, 2.05) is 55.5 Å². The first-order valence-electron chi connectivity index (χ1n) is 8.54. The number of fused-ring (bicyclic) bond motifs is 1. The van der Waals surface area contributed by atoms with E-state index in [0.717, 1.165) is 48.2 Å². The van der Waals surface area contributed by atoms with E-state index in [4.69, 9.17) is 23.2 Å². The summed E-state index contributed by atoms with van der Waals surface area (Å²) in [5.41, 5.74) is 5.54. The molecule has 4 rings (SSSR count). The third-order valence-corrected chi connectivity index (χ3v) is 5.87. The number of rotatable bonds is 4. The Kier molecular flexibility index (Phi) is 5.05. The third kappa shape index (κ3) is 3.53. The molecule has 0 unspecified atom stereocenters. The monoisotopic (exact) mass is 409 g/mol. The highest BCUT2D eigenvalue weighted by atomic mass is 35.5. The molecule has 134 valence electrons. The molecule has 0 aliphatic carbocycles. The van der Waals surface area contributed by atoms with Gasteiger partial charge in [-0.15, -0.1) is 0 Å². The number of aromatic nitrogens is 1. The van der Waals surface area contributed by atoms with Gasteiger partial charge in [0, 0.05) is 25.9 Å². The van der Waals surface area contributed by atoms with E-state index in [0.29, 0.717) is 0 Å². The van der Waals surface area contributed by atoms with Gasteiger partial charge in [-0.05, 0) is 72.5 Å². The summed E-state index contributed by atoms with van der Waals surface area (Å²) in [6.45, 7) is 6.13. The molecule has 0 N–H and O–H groups in total. The van der Waals surface area contributed by atoms with Crippen LogP contribution in [0.4, 0.5) is 0 Å². The van der Waals surface area contributed by atoms with Crippen molar-refractivity contribution in [3.8, 4) is 11.1 Å². The molecule has 1 nitrogen and oxygen atoms in total. The standard InChI is InChI=1S/C23H17Cl2NS/c1-3-21-23(16-7-5-4-6-8-16)20-14-17(24)9-10-22(20)26(21)27-19-12-15(2)11-18(25)13-19/h3-14H,1H2,2H3. The average molecular weight is 410 g/mol. The van der Waals surface area contributed by atoms with Gasteiger partial charge in [0.1, 0.15) is 0 Å². The highest BCUT2D eigenvalue weighted by Crippen LogP contribution is 2.41. The molecule has 1 aromatic heterocycles. The van der Waals surface area contributed by atoms with Gasteiger partial charge in [-0.25, -0.2) is 0 Å². The molecule has 0 atom stereocenters. The SMILES string of the molecule is C=Cc1c(-c2ccccc2)c2cc(Cl)ccc2n1Sc1cc(C)cc(Cl)c1. The fourth-order valence-corrected chi connectivity index (χ4v) is 4.98. The van der Waals surface area contributed by atoms with Crippen molar-refractivity contribution in [3.63, 3.8) is 0 Å². The molecule has 0 radical (unpaired) electrons. The zero-order valence-corrected chi connectivity index (χ0v) is 17.1. The zero-order chi connectivity index (χ0) is 19.0. The summed E-state index contributed by atoms with van der Waals surface area (Å²) in [5.74, 6) is 0. The van der Waals surface area contributed by atoms with Gasteiger partial charge in [0.15, 0.2) is 0 Å². The van der Waals surface area contributed by atoms with Gasteiger partial charge in [0.05, 0.1) is 11.2 Å². The van der Waals surface area contributed by atoms with Crippen molar-refractivity contribution in [1.29, 1.82) is 0 Å². The Morgan fingerprint density at radius 2 is 1.70 bits per heavy atom. The smallest absolute Gasteiger partial charge is 0.0609 e. The van der Waals surface area contributed by atoms with Gasteiger partial charge in [0.25, 0.3) is 0 Å². The maximum atomic E-state index is 6.33. The van der Waals surface area contributed by atoms with Gasteiger partial charge in [-0.3, -0.25) is 3.97 Å². The number of aryl methyl sites for hydroxylation is 1. The minimum atomic E-state index is 0.719. The molecule has 0 aliphatic rings.